The molecular weight excluding hydrogens is 252 g/mol. The molecule has 0 radical (unpaired) electrons. The van der Waals surface area contributed by atoms with Crippen molar-refractivity contribution in [2.45, 2.75) is 20.1 Å². The Morgan fingerprint density at radius 3 is 2.70 bits per heavy atom. The standard InChI is InChI=1S/C16H18N2O2/c1-11-5-6-14(17)8-15(11)16(20)18-9-12-3-2-4-13(7-12)10-19/h2-8,19H,9-10,17H2,1H3,(H,18,20). The normalized spacial score (nSPS) is 10.3. The van der Waals surface area contributed by atoms with Gasteiger partial charge in [-0.25, -0.2) is 0 Å². The van der Waals surface area contributed by atoms with Crippen LogP contribution in [0.1, 0.15) is 27.0 Å². The lowest BCUT2D eigenvalue weighted by Crippen LogP contribution is -2.23. The topological polar surface area (TPSA) is 75.4 Å². The van der Waals surface area contributed by atoms with Gasteiger partial charge in [-0.3, -0.25) is 4.79 Å². The monoisotopic (exact) mass is 270 g/mol. The summed E-state index contributed by atoms with van der Waals surface area (Å²) in [7, 11) is 0. The Hall–Kier alpha value is -2.33. The summed E-state index contributed by atoms with van der Waals surface area (Å²) in [6, 6.07) is 12.8. The average molecular weight is 270 g/mol. The van der Waals surface area contributed by atoms with Crippen molar-refractivity contribution in [3.63, 3.8) is 0 Å². The van der Waals surface area contributed by atoms with E-state index >= 15 is 0 Å². The van der Waals surface area contributed by atoms with Gasteiger partial charge in [0.1, 0.15) is 0 Å². The van der Waals surface area contributed by atoms with Crippen molar-refractivity contribution < 1.29 is 9.90 Å². The zero-order valence-corrected chi connectivity index (χ0v) is 11.4. The maximum Gasteiger partial charge on any atom is 0.251 e. The summed E-state index contributed by atoms with van der Waals surface area (Å²) >= 11 is 0. The third-order valence-electron chi connectivity index (χ3n) is 3.13. The number of amides is 1. The summed E-state index contributed by atoms with van der Waals surface area (Å²) < 4.78 is 0. The summed E-state index contributed by atoms with van der Waals surface area (Å²) in [4.78, 5) is 12.1. The predicted molar refractivity (Wildman–Crippen MR) is 79.1 cm³/mol. The zero-order valence-electron chi connectivity index (χ0n) is 11.4. The molecule has 1 amide bonds. The summed E-state index contributed by atoms with van der Waals surface area (Å²) in [6.45, 7) is 2.29. The first kappa shape index (κ1) is 14.1. The van der Waals surface area contributed by atoms with E-state index in [9.17, 15) is 4.79 Å². The van der Waals surface area contributed by atoms with Crippen LogP contribution in [-0.4, -0.2) is 11.0 Å². The van der Waals surface area contributed by atoms with Gasteiger partial charge in [0.15, 0.2) is 0 Å². The van der Waals surface area contributed by atoms with E-state index in [-0.39, 0.29) is 12.5 Å². The number of carbonyl (C=O) groups is 1. The highest BCUT2D eigenvalue weighted by molar-refractivity contribution is 5.96. The minimum atomic E-state index is -0.149. The van der Waals surface area contributed by atoms with Crippen LogP contribution in [0.3, 0.4) is 0 Å². The van der Waals surface area contributed by atoms with Crippen LogP contribution < -0.4 is 11.1 Å². The predicted octanol–water partition coefficient (Wildman–Crippen LogP) is 2.00. The van der Waals surface area contributed by atoms with E-state index in [1.165, 1.54) is 0 Å². The van der Waals surface area contributed by atoms with Gasteiger partial charge in [0.2, 0.25) is 0 Å². The summed E-state index contributed by atoms with van der Waals surface area (Å²) in [6.07, 6.45) is 0. The molecule has 0 aromatic heterocycles. The van der Waals surface area contributed by atoms with E-state index in [1.807, 2.05) is 37.3 Å². The molecule has 0 spiro atoms. The highest BCUT2D eigenvalue weighted by atomic mass is 16.3. The largest absolute Gasteiger partial charge is 0.399 e. The lowest BCUT2D eigenvalue weighted by molar-refractivity contribution is 0.0950. The Bertz CT molecular complexity index is 624. The Kier molecular flexibility index (Phi) is 4.38. The molecule has 0 saturated carbocycles. The van der Waals surface area contributed by atoms with Gasteiger partial charge in [-0.2, -0.15) is 0 Å². The molecule has 4 N–H and O–H groups in total. The van der Waals surface area contributed by atoms with Crippen LogP contribution in [0.2, 0.25) is 0 Å². The van der Waals surface area contributed by atoms with Crippen molar-refractivity contribution in [2.75, 3.05) is 5.73 Å². The van der Waals surface area contributed by atoms with Gasteiger partial charge in [0.25, 0.3) is 5.91 Å². The van der Waals surface area contributed by atoms with Crippen LogP contribution in [0.25, 0.3) is 0 Å². The molecule has 2 aromatic rings. The quantitative estimate of drug-likeness (QED) is 0.744. The summed E-state index contributed by atoms with van der Waals surface area (Å²) in [5, 5.41) is 11.9. The highest BCUT2D eigenvalue weighted by Crippen LogP contribution is 2.13. The minimum Gasteiger partial charge on any atom is -0.399 e. The number of hydrogen-bond donors (Lipinski definition) is 3. The van der Waals surface area contributed by atoms with Crippen LogP contribution in [0.4, 0.5) is 5.69 Å². The number of hydrogen-bond acceptors (Lipinski definition) is 3. The number of aryl methyl sites for hydroxylation is 1. The highest BCUT2D eigenvalue weighted by Gasteiger charge is 2.09. The van der Waals surface area contributed by atoms with Gasteiger partial charge in [0.05, 0.1) is 6.61 Å². The number of aliphatic hydroxyl groups excluding tert-OH is 1. The fourth-order valence-electron chi connectivity index (χ4n) is 2.00. The molecular formula is C16H18N2O2. The van der Waals surface area contributed by atoms with Gasteiger partial charge < -0.3 is 16.2 Å². The second-order valence-corrected chi connectivity index (χ2v) is 4.74. The van der Waals surface area contributed by atoms with Crippen LogP contribution in [0.5, 0.6) is 0 Å². The fraction of sp³-hybridized carbons (Fsp3) is 0.188. The molecule has 0 aliphatic rings. The molecule has 0 heterocycles. The Balaban J connectivity index is 2.06. The van der Waals surface area contributed by atoms with E-state index in [0.717, 1.165) is 16.7 Å². The number of anilines is 1. The van der Waals surface area contributed by atoms with Gasteiger partial charge in [-0.15, -0.1) is 0 Å². The van der Waals surface area contributed by atoms with Crippen molar-refractivity contribution in [3.8, 4) is 0 Å². The second-order valence-electron chi connectivity index (χ2n) is 4.74. The van der Waals surface area contributed by atoms with Crippen LogP contribution in [0, 0.1) is 6.92 Å². The van der Waals surface area contributed by atoms with Crippen LogP contribution >= 0.6 is 0 Å². The smallest absolute Gasteiger partial charge is 0.251 e. The molecule has 2 aromatic carbocycles. The zero-order chi connectivity index (χ0) is 14.5. The van der Waals surface area contributed by atoms with E-state index in [4.69, 9.17) is 10.8 Å². The third-order valence-corrected chi connectivity index (χ3v) is 3.13. The molecule has 0 unspecified atom stereocenters. The molecule has 0 aliphatic carbocycles. The van der Waals surface area contributed by atoms with Crippen molar-refractivity contribution in [1.29, 1.82) is 0 Å². The molecule has 0 bridgehead atoms. The maximum absolute atomic E-state index is 12.1. The molecule has 104 valence electrons. The van der Waals surface area contributed by atoms with E-state index in [2.05, 4.69) is 5.32 Å². The lowest BCUT2D eigenvalue weighted by atomic mass is 10.1. The first-order valence-electron chi connectivity index (χ1n) is 6.43. The number of nitrogen functional groups attached to an aromatic ring is 1. The molecule has 20 heavy (non-hydrogen) atoms. The van der Waals surface area contributed by atoms with Crippen molar-refractivity contribution >= 4 is 11.6 Å². The van der Waals surface area contributed by atoms with Crippen LogP contribution in [0.15, 0.2) is 42.5 Å². The number of rotatable bonds is 4. The molecule has 0 atom stereocenters. The van der Waals surface area contributed by atoms with E-state index in [0.29, 0.717) is 17.8 Å². The average Bonchev–Trinajstić information content (AvgIpc) is 2.47. The summed E-state index contributed by atoms with van der Waals surface area (Å²) in [5.41, 5.74) is 9.53. The lowest BCUT2D eigenvalue weighted by Gasteiger charge is -2.09. The number of aliphatic hydroxyl groups is 1. The van der Waals surface area contributed by atoms with Crippen LogP contribution in [-0.2, 0) is 13.2 Å². The first-order valence-corrected chi connectivity index (χ1v) is 6.43. The molecule has 0 fully saturated rings. The number of nitrogens with one attached hydrogen (secondary N) is 1. The van der Waals surface area contributed by atoms with Gasteiger partial charge in [-0.05, 0) is 35.7 Å². The molecule has 0 aliphatic heterocycles. The van der Waals surface area contributed by atoms with Gasteiger partial charge >= 0.3 is 0 Å². The number of benzene rings is 2. The number of carbonyl (C=O) groups excluding carboxylic acids is 1. The number of nitrogens with two attached hydrogens (primary N) is 1. The van der Waals surface area contributed by atoms with E-state index < -0.39 is 0 Å². The maximum atomic E-state index is 12.1. The van der Waals surface area contributed by atoms with Crippen molar-refractivity contribution in [3.05, 3.63) is 64.7 Å². The van der Waals surface area contributed by atoms with Crippen molar-refractivity contribution in [1.82, 2.24) is 5.32 Å². The molecule has 0 saturated heterocycles. The van der Waals surface area contributed by atoms with Crippen molar-refractivity contribution in [2.24, 2.45) is 0 Å². The molecule has 2 rings (SSSR count). The Morgan fingerprint density at radius 2 is 1.95 bits per heavy atom. The van der Waals surface area contributed by atoms with Gasteiger partial charge in [0, 0.05) is 17.8 Å². The Morgan fingerprint density at radius 1 is 1.20 bits per heavy atom. The Labute approximate surface area is 118 Å². The SMILES string of the molecule is Cc1ccc(N)cc1C(=O)NCc1cccc(CO)c1. The van der Waals surface area contributed by atoms with E-state index in [1.54, 1.807) is 12.1 Å². The van der Waals surface area contributed by atoms with Gasteiger partial charge in [-0.1, -0.05) is 30.3 Å². The fourth-order valence-corrected chi connectivity index (χ4v) is 2.00. The second kappa shape index (κ2) is 6.21. The summed E-state index contributed by atoms with van der Waals surface area (Å²) in [5.74, 6) is -0.149. The molecule has 4 nitrogen and oxygen atoms in total. The molecule has 4 heteroatoms. The minimum absolute atomic E-state index is 0.00386. The first-order chi connectivity index (χ1) is 9.60. The third kappa shape index (κ3) is 3.36.